The Morgan fingerprint density at radius 2 is 2.04 bits per heavy atom. The van der Waals surface area contributed by atoms with E-state index in [0.29, 0.717) is 16.6 Å². The van der Waals surface area contributed by atoms with Gasteiger partial charge in [0.25, 0.3) is 0 Å². The van der Waals surface area contributed by atoms with E-state index in [4.69, 9.17) is 16.3 Å². The van der Waals surface area contributed by atoms with Crippen LogP contribution in [-0.4, -0.2) is 23.4 Å². The molecular formula is C18H16ClN3O2. The van der Waals surface area contributed by atoms with Gasteiger partial charge in [0, 0.05) is 10.4 Å². The average Bonchev–Trinajstić information content (AvgIpc) is 2.57. The van der Waals surface area contributed by atoms with Gasteiger partial charge in [-0.05, 0) is 60.5 Å². The third kappa shape index (κ3) is 3.41. The number of benzene rings is 2. The molecule has 1 aromatic heterocycles. The zero-order valence-corrected chi connectivity index (χ0v) is 14.0. The second kappa shape index (κ2) is 6.76. The quantitative estimate of drug-likeness (QED) is 0.546. The van der Waals surface area contributed by atoms with Gasteiger partial charge in [0.05, 0.1) is 18.8 Å². The maximum absolute atomic E-state index is 9.58. The van der Waals surface area contributed by atoms with E-state index in [0.717, 1.165) is 22.0 Å². The molecule has 0 aliphatic carbocycles. The molecule has 0 saturated heterocycles. The molecule has 3 aromatic rings. The van der Waals surface area contributed by atoms with Crippen LogP contribution in [0.1, 0.15) is 11.1 Å². The Hall–Kier alpha value is -2.79. The summed E-state index contributed by atoms with van der Waals surface area (Å²) in [6.07, 6.45) is 1.63. The zero-order chi connectivity index (χ0) is 17.1. The summed E-state index contributed by atoms with van der Waals surface area (Å²) in [6.45, 7) is 2.00. The van der Waals surface area contributed by atoms with E-state index >= 15 is 0 Å². The van der Waals surface area contributed by atoms with Crippen molar-refractivity contribution >= 4 is 34.5 Å². The molecule has 122 valence electrons. The lowest BCUT2D eigenvalue weighted by Crippen LogP contribution is -1.96. The minimum atomic E-state index is 0.0908. The molecule has 0 fully saturated rings. The van der Waals surface area contributed by atoms with Crippen LogP contribution < -0.4 is 10.2 Å². The van der Waals surface area contributed by atoms with E-state index in [1.165, 1.54) is 7.11 Å². The van der Waals surface area contributed by atoms with Gasteiger partial charge in [-0.1, -0.05) is 11.6 Å². The van der Waals surface area contributed by atoms with Crippen LogP contribution in [0.15, 0.2) is 47.6 Å². The number of methoxy groups -OCH3 is 1. The van der Waals surface area contributed by atoms with Crippen LogP contribution in [0.5, 0.6) is 11.5 Å². The summed E-state index contributed by atoms with van der Waals surface area (Å²) in [5.41, 5.74) is 5.62. The van der Waals surface area contributed by atoms with Gasteiger partial charge in [-0.2, -0.15) is 5.10 Å². The zero-order valence-electron chi connectivity index (χ0n) is 13.2. The number of aryl methyl sites for hydroxylation is 1. The van der Waals surface area contributed by atoms with E-state index in [-0.39, 0.29) is 5.75 Å². The molecule has 6 heteroatoms. The van der Waals surface area contributed by atoms with Crippen LogP contribution in [-0.2, 0) is 0 Å². The molecule has 0 atom stereocenters. The highest BCUT2D eigenvalue weighted by Crippen LogP contribution is 2.26. The Morgan fingerprint density at radius 3 is 2.83 bits per heavy atom. The molecule has 0 spiro atoms. The minimum absolute atomic E-state index is 0.0908. The fourth-order valence-electron chi connectivity index (χ4n) is 2.37. The maximum Gasteiger partial charge on any atom is 0.161 e. The van der Waals surface area contributed by atoms with Gasteiger partial charge in [0.2, 0.25) is 0 Å². The van der Waals surface area contributed by atoms with E-state index in [9.17, 15) is 5.11 Å². The lowest BCUT2D eigenvalue weighted by molar-refractivity contribution is 0.373. The number of nitrogens with one attached hydrogen (secondary N) is 1. The number of ether oxygens (including phenoxy) is 1. The number of aromatic nitrogens is 1. The van der Waals surface area contributed by atoms with Gasteiger partial charge >= 0.3 is 0 Å². The van der Waals surface area contributed by atoms with Crippen molar-refractivity contribution in [1.82, 2.24) is 4.98 Å². The van der Waals surface area contributed by atoms with E-state index in [1.807, 2.05) is 31.2 Å². The first kappa shape index (κ1) is 16.1. The maximum atomic E-state index is 9.58. The largest absolute Gasteiger partial charge is 0.504 e. The average molecular weight is 342 g/mol. The van der Waals surface area contributed by atoms with Gasteiger partial charge in [-0.25, -0.2) is 4.98 Å². The fourth-order valence-corrected chi connectivity index (χ4v) is 2.54. The van der Waals surface area contributed by atoms with Crippen molar-refractivity contribution in [3.63, 3.8) is 0 Å². The van der Waals surface area contributed by atoms with Crippen LogP contribution >= 0.6 is 11.6 Å². The van der Waals surface area contributed by atoms with Crippen molar-refractivity contribution < 1.29 is 9.84 Å². The first-order valence-electron chi connectivity index (χ1n) is 7.30. The van der Waals surface area contributed by atoms with Crippen LogP contribution in [0.3, 0.4) is 0 Å². The molecule has 0 amide bonds. The molecular weight excluding hydrogens is 326 g/mol. The summed E-state index contributed by atoms with van der Waals surface area (Å²) in [7, 11) is 1.50. The van der Waals surface area contributed by atoms with E-state index in [1.54, 1.807) is 24.4 Å². The Morgan fingerprint density at radius 1 is 1.21 bits per heavy atom. The smallest absolute Gasteiger partial charge is 0.161 e. The van der Waals surface area contributed by atoms with Crippen molar-refractivity contribution in [2.45, 2.75) is 6.92 Å². The van der Waals surface area contributed by atoms with Crippen LogP contribution in [0.25, 0.3) is 10.9 Å². The van der Waals surface area contributed by atoms with Gasteiger partial charge in [-0.15, -0.1) is 0 Å². The summed E-state index contributed by atoms with van der Waals surface area (Å²) in [6, 6.07) is 12.5. The van der Waals surface area contributed by atoms with Crippen molar-refractivity contribution in [3.05, 3.63) is 58.6 Å². The lowest BCUT2D eigenvalue weighted by atomic mass is 10.1. The molecule has 0 aliphatic heterocycles. The number of pyridine rings is 1. The summed E-state index contributed by atoms with van der Waals surface area (Å²) < 4.78 is 5.07. The molecule has 0 saturated carbocycles. The summed E-state index contributed by atoms with van der Waals surface area (Å²) >= 11 is 6.02. The Balaban J connectivity index is 1.81. The molecule has 0 aliphatic rings. The number of aromatic hydroxyl groups is 1. The molecule has 0 bridgehead atoms. The predicted molar refractivity (Wildman–Crippen MR) is 97.4 cm³/mol. The standard InChI is InChI=1S/C18H16ClN3O2/c1-11-7-18(21-15-5-4-13(19)9-14(11)15)22-20-10-12-3-6-16(23)17(8-12)24-2/h3-10,23H,1-2H3,(H,21,22)/b20-10+. The molecule has 24 heavy (non-hydrogen) atoms. The number of nitrogens with zero attached hydrogens (tertiary/aromatic N) is 2. The number of phenols is 1. The summed E-state index contributed by atoms with van der Waals surface area (Å²) in [5, 5.41) is 15.5. The number of hydrazone groups is 1. The third-order valence-electron chi connectivity index (χ3n) is 3.57. The number of fused-ring (bicyclic) bond motifs is 1. The monoisotopic (exact) mass is 341 g/mol. The molecule has 0 unspecified atom stereocenters. The molecule has 5 nitrogen and oxygen atoms in total. The molecule has 1 heterocycles. The van der Waals surface area contributed by atoms with Crippen molar-refractivity contribution in [3.8, 4) is 11.5 Å². The second-order valence-corrected chi connectivity index (χ2v) is 5.72. The third-order valence-corrected chi connectivity index (χ3v) is 3.81. The van der Waals surface area contributed by atoms with Crippen LogP contribution in [0.4, 0.5) is 5.82 Å². The number of anilines is 1. The highest BCUT2D eigenvalue weighted by molar-refractivity contribution is 6.31. The lowest BCUT2D eigenvalue weighted by Gasteiger charge is -2.06. The predicted octanol–water partition coefficient (Wildman–Crippen LogP) is 4.36. The highest BCUT2D eigenvalue weighted by atomic mass is 35.5. The van der Waals surface area contributed by atoms with Gasteiger partial charge in [0.15, 0.2) is 11.5 Å². The first-order chi connectivity index (χ1) is 11.6. The summed E-state index contributed by atoms with van der Waals surface area (Å²) in [4.78, 5) is 4.51. The summed E-state index contributed by atoms with van der Waals surface area (Å²) in [5.74, 6) is 1.13. The second-order valence-electron chi connectivity index (χ2n) is 5.29. The van der Waals surface area contributed by atoms with Crippen LogP contribution in [0, 0.1) is 6.92 Å². The van der Waals surface area contributed by atoms with Gasteiger partial charge in [-0.3, -0.25) is 5.43 Å². The first-order valence-corrected chi connectivity index (χ1v) is 7.67. The van der Waals surface area contributed by atoms with Crippen molar-refractivity contribution in [1.29, 1.82) is 0 Å². The molecule has 3 rings (SSSR count). The van der Waals surface area contributed by atoms with Crippen molar-refractivity contribution in [2.75, 3.05) is 12.5 Å². The molecule has 0 radical (unpaired) electrons. The van der Waals surface area contributed by atoms with Gasteiger partial charge < -0.3 is 9.84 Å². The number of phenolic OH excluding ortho intramolecular Hbond substituents is 1. The van der Waals surface area contributed by atoms with E-state index < -0.39 is 0 Å². The highest BCUT2D eigenvalue weighted by Gasteiger charge is 2.04. The normalized spacial score (nSPS) is 11.1. The minimum Gasteiger partial charge on any atom is -0.504 e. The number of hydrogen-bond donors (Lipinski definition) is 2. The SMILES string of the molecule is COc1cc(/C=N/Nc2cc(C)c3cc(Cl)ccc3n2)ccc1O. The van der Waals surface area contributed by atoms with Crippen molar-refractivity contribution in [2.24, 2.45) is 5.10 Å². The van der Waals surface area contributed by atoms with Crippen LogP contribution in [0.2, 0.25) is 5.02 Å². The number of hydrogen-bond acceptors (Lipinski definition) is 5. The Labute approximate surface area is 144 Å². The number of halogens is 1. The Bertz CT molecular complexity index is 926. The Kier molecular flexibility index (Phi) is 4.53. The molecule has 2 N–H and O–H groups in total. The number of rotatable bonds is 4. The van der Waals surface area contributed by atoms with Gasteiger partial charge in [0.1, 0.15) is 5.82 Å². The van der Waals surface area contributed by atoms with E-state index in [2.05, 4.69) is 15.5 Å². The topological polar surface area (TPSA) is 66.7 Å². The fraction of sp³-hybridized carbons (Fsp3) is 0.111. The molecule has 2 aromatic carbocycles.